The van der Waals surface area contributed by atoms with Crippen LogP contribution in [0.4, 0.5) is 4.79 Å². The minimum absolute atomic E-state index is 0.303. The van der Waals surface area contributed by atoms with E-state index in [0.29, 0.717) is 37.3 Å². The van der Waals surface area contributed by atoms with E-state index in [1.165, 1.54) is 13.5 Å². The number of nitrogens with zero attached hydrogens (tertiary/aromatic N) is 1. The fourth-order valence-corrected chi connectivity index (χ4v) is 4.26. The number of methoxy groups -OCH3 is 1. The van der Waals surface area contributed by atoms with Crippen molar-refractivity contribution in [3.05, 3.63) is 0 Å². The molecule has 0 aromatic rings. The summed E-state index contributed by atoms with van der Waals surface area (Å²) in [6.45, 7) is 2.73. The standard InChI is InChI=1S/C15H24BrNO4/c1-3-21-14(18)13-7-12-6-10(8-16)4-5-11(12)9-17(13)15(19)20-2/h10-13H,3-9H2,1-2H3/t10-,11+,12-,13+/m1/s1. The van der Waals surface area contributed by atoms with E-state index in [9.17, 15) is 9.59 Å². The Morgan fingerprint density at radius 3 is 2.62 bits per heavy atom. The Balaban J connectivity index is 2.11. The Morgan fingerprint density at radius 2 is 2.00 bits per heavy atom. The van der Waals surface area contributed by atoms with Gasteiger partial charge in [-0.2, -0.15) is 0 Å². The van der Waals surface area contributed by atoms with Gasteiger partial charge in [0.2, 0.25) is 0 Å². The fourth-order valence-electron chi connectivity index (χ4n) is 3.67. The molecule has 0 N–H and O–H groups in total. The molecule has 0 aromatic carbocycles. The SMILES string of the molecule is CCOC(=O)[C@@H]1C[C@H]2C[C@H](CBr)CC[C@H]2CN1C(=O)OC. The van der Waals surface area contributed by atoms with Crippen LogP contribution in [-0.4, -0.2) is 48.6 Å². The van der Waals surface area contributed by atoms with Crippen LogP contribution in [0, 0.1) is 17.8 Å². The van der Waals surface area contributed by atoms with Gasteiger partial charge in [-0.1, -0.05) is 15.9 Å². The van der Waals surface area contributed by atoms with Gasteiger partial charge in [0.05, 0.1) is 13.7 Å². The average Bonchev–Trinajstić information content (AvgIpc) is 2.52. The first kappa shape index (κ1) is 16.6. The maximum absolute atomic E-state index is 12.2. The summed E-state index contributed by atoms with van der Waals surface area (Å²) in [6, 6.07) is -0.493. The molecule has 0 bridgehead atoms. The number of carbonyl (C=O) groups excluding carboxylic acids is 2. The Bertz CT molecular complexity index is 390. The Labute approximate surface area is 134 Å². The number of carbonyl (C=O) groups is 2. The third kappa shape index (κ3) is 3.71. The molecule has 1 aliphatic carbocycles. The first-order valence-electron chi connectivity index (χ1n) is 7.67. The predicted octanol–water partition coefficient (Wildman–Crippen LogP) is 2.82. The number of ether oxygens (including phenoxy) is 2. The van der Waals surface area contributed by atoms with Crippen LogP contribution in [0.1, 0.15) is 32.6 Å². The molecular formula is C15H24BrNO4. The molecule has 0 spiro atoms. The Morgan fingerprint density at radius 1 is 1.24 bits per heavy atom. The van der Waals surface area contributed by atoms with Crippen LogP contribution in [0.3, 0.4) is 0 Å². The summed E-state index contributed by atoms with van der Waals surface area (Å²) in [5, 5.41) is 1.01. The number of halogens is 1. The van der Waals surface area contributed by atoms with E-state index in [4.69, 9.17) is 9.47 Å². The van der Waals surface area contributed by atoms with Crippen molar-refractivity contribution < 1.29 is 19.1 Å². The minimum atomic E-state index is -0.493. The van der Waals surface area contributed by atoms with Crippen LogP contribution in [0.25, 0.3) is 0 Å². The first-order valence-corrected chi connectivity index (χ1v) is 8.80. The first-order chi connectivity index (χ1) is 10.1. The molecule has 1 heterocycles. The number of amides is 1. The molecule has 2 fully saturated rings. The van der Waals surface area contributed by atoms with E-state index in [1.807, 2.05) is 0 Å². The fraction of sp³-hybridized carbons (Fsp3) is 0.867. The van der Waals surface area contributed by atoms with Crippen molar-refractivity contribution >= 4 is 28.0 Å². The molecule has 21 heavy (non-hydrogen) atoms. The molecule has 1 saturated heterocycles. The normalized spacial score (nSPS) is 32.2. The van der Waals surface area contributed by atoms with Gasteiger partial charge in [0.1, 0.15) is 6.04 Å². The zero-order valence-electron chi connectivity index (χ0n) is 12.7. The number of alkyl halides is 1. The molecule has 0 aromatic heterocycles. The maximum Gasteiger partial charge on any atom is 0.410 e. The second-order valence-electron chi connectivity index (χ2n) is 5.98. The number of likely N-dealkylation sites (tertiary alicyclic amines) is 1. The maximum atomic E-state index is 12.2. The van der Waals surface area contributed by atoms with Gasteiger partial charge in [0.15, 0.2) is 0 Å². The largest absolute Gasteiger partial charge is 0.464 e. The molecule has 2 aliphatic rings. The topological polar surface area (TPSA) is 55.8 Å². The third-order valence-electron chi connectivity index (χ3n) is 4.77. The summed E-state index contributed by atoms with van der Waals surface area (Å²) in [6.07, 6.45) is 3.70. The molecular weight excluding hydrogens is 338 g/mol. The lowest BCUT2D eigenvalue weighted by atomic mass is 9.69. The van der Waals surface area contributed by atoms with Gasteiger partial charge >= 0.3 is 12.1 Å². The van der Waals surface area contributed by atoms with Crippen LogP contribution in [-0.2, 0) is 14.3 Å². The molecule has 1 amide bonds. The van der Waals surface area contributed by atoms with Gasteiger partial charge in [-0.3, -0.25) is 4.90 Å². The number of piperidine rings is 1. The van der Waals surface area contributed by atoms with E-state index in [1.54, 1.807) is 11.8 Å². The van der Waals surface area contributed by atoms with Gasteiger partial charge in [-0.05, 0) is 50.4 Å². The summed E-state index contributed by atoms with van der Waals surface area (Å²) in [7, 11) is 1.36. The van der Waals surface area contributed by atoms with Crippen molar-refractivity contribution in [3.63, 3.8) is 0 Å². The Kier molecular flexibility index (Phi) is 5.90. The number of hydrogen-bond acceptors (Lipinski definition) is 4. The molecule has 6 heteroatoms. The lowest BCUT2D eigenvalue weighted by Crippen LogP contribution is -2.55. The zero-order valence-corrected chi connectivity index (χ0v) is 14.3. The van der Waals surface area contributed by atoms with E-state index >= 15 is 0 Å². The van der Waals surface area contributed by atoms with E-state index in [2.05, 4.69) is 15.9 Å². The summed E-state index contributed by atoms with van der Waals surface area (Å²) >= 11 is 3.57. The molecule has 1 aliphatic heterocycles. The number of fused-ring (bicyclic) bond motifs is 1. The van der Waals surface area contributed by atoms with Crippen molar-refractivity contribution in [1.29, 1.82) is 0 Å². The number of hydrogen-bond donors (Lipinski definition) is 0. The molecule has 1 saturated carbocycles. The van der Waals surface area contributed by atoms with Gasteiger partial charge in [0.25, 0.3) is 0 Å². The van der Waals surface area contributed by atoms with Gasteiger partial charge in [-0.25, -0.2) is 9.59 Å². The highest BCUT2D eigenvalue weighted by Crippen LogP contribution is 2.41. The summed E-state index contributed by atoms with van der Waals surface area (Å²) in [5.41, 5.74) is 0. The van der Waals surface area contributed by atoms with E-state index in [0.717, 1.165) is 18.2 Å². The summed E-state index contributed by atoms with van der Waals surface area (Å²) in [4.78, 5) is 25.7. The monoisotopic (exact) mass is 361 g/mol. The average molecular weight is 362 g/mol. The highest BCUT2D eigenvalue weighted by atomic mass is 79.9. The van der Waals surface area contributed by atoms with Crippen molar-refractivity contribution in [2.75, 3.05) is 25.6 Å². The highest BCUT2D eigenvalue weighted by Gasteiger charge is 2.44. The molecule has 4 atom stereocenters. The van der Waals surface area contributed by atoms with Crippen LogP contribution in [0.15, 0.2) is 0 Å². The van der Waals surface area contributed by atoms with Gasteiger partial charge < -0.3 is 9.47 Å². The second-order valence-corrected chi connectivity index (χ2v) is 6.63. The van der Waals surface area contributed by atoms with Crippen molar-refractivity contribution in [2.45, 2.75) is 38.6 Å². The van der Waals surface area contributed by atoms with Crippen molar-refractivity contribution in [3.8, 4) is 0 Å². The number of rotatable bonds is 3. The lowest BCUT2D eigenvalue weighted by molar-refractivity contribution is -0.152. The molecule has 0 radical (unpaired) electrons. The molecule has 120 valence electrons. The minimum Gasteiger partial charge on any atom is -0.464 e. The summed E-state index contributed by atoms with van der Waals surface area (Å²) < 4.78 is 9.98. The summed E-state index contributed by atoms with van der Waals surface area (Å²) in [5.74, 6) is 1.35. The molecule has 0 unspecified atom stereocenters. The van der Waals surface area contributed by atoms with E-state index < -0.39 is 12.1 Å². The smallest absolute Gasteiger partial charge is 0.410 e. The van der Waals surface area contributed by atoms with Crippen molar-refractivity contribution in [1.82, 2.24) is 4.90 Å². The molecule has 2 rings (SSSR count). The Hall–Kier alpha value is -0.780. The zero-order chi connectivity index (χ0) is 15.4. The van der Waals surface area contributed by atoms with Crippen LogP contribution in [0.5, 0.6) is 0 Å². The number of esters is 1. The molecule has 5 nitrogen and oxygen atoms in total. The van der Waals surface area contributed by atoms with E-state index in [-0.39, 0.29) is 5.97 Å². The van der Waals surface area contributed by atoms with Crippen molar-refractivity contribution in [2.24, 2.45) is 17.8 Å². The second kappa shape index (κ2) is 7.47. The highest BCUT2D eigenvalue weighted by molar-refractivity contribution is 9.09. The lowest BCUT2D eigenvalue weighted by Gasteiger charge is -2.45. The third-order valence-corrected chi connectivity index (χ3v) is 5.68. The quantitative estimate of drug-likeness (QED) is 0.572. The van der Waals surface area contributed by atoms with Crippen LogP contribution >= 0.6 is 15.9 Å². The van der Waals surface area contributed by atoms with Crippen LogP contribution in [0.2, 0.25) is 0 Å². The predicted molar refractivity (Wildman–Crippen MR) is 82.3 cm³/mol. The van der Waals surface area contributed by atoms with Gasteiger partial charge in [0, 0.05) is 11.9 Å². The van der Waals surface area contributed by atoms with Gasteiger partial charge in [-0.15, -0.1) is 0 Å². The van der Waals surface area contributed by atoms with Crippen LogP contribution < -0.4 is 0 Å².